The van der Waals surface area contributed by atoms with E-state index in [9.17, 15) is 14.0 Å². The Kier molecular flexibility index (Phi) is 5.35. The third-order valence-corrected chi connectivity index (χ3v) is 4.14. The summed E-state index contributed by atoms with van der Waals surface area (Å²) in [6.45, 7) is 2.17. The normalized spacial score (nSPS) is 16.1. The molecule has 1 aliphatic rings. The van der Waals surface area contributed by atoms with Crippen LogP contribution in [0.4, 0.5) is 14.9 Å². The number of anilines is 1. The van der Waals surface area contributed by atoms with E-state index in [2.05, 4.69) is 10.4 Å². The highest BCUT2D eigenvalue weighted by molar-refractivity contribution is 5.90. The number of rotatable bonds is 6. The van der Waals surface area contributed by atoms with Gasteiger partial charge in [-0.2, -0.15) is 10.4 Å². The molecule has 1 saturated heterocycles. The molecular formula is C18H18FN5O3. The lowest BCUT2D eigenvalue weighted by Crippen LogP contribution is -2.33. The van der Waals surface area contributed by atoms with Crippen molar-refractivity contribution in [1.82, 2.24) is 15.1 Å². The maximum atomic E-state index is 14.7. The highest BCUT2D eigenvalue weighted by Gasteiger charge is 2.32. The number of aromatic nitrogens is 2. The highest BCUT2D eigenvalue weighted by atomic mass is 19.1. The van der Waals surface area contributed by atoms with Gasteiger partial charge in [0.2, 0.25) is 5.91 Å². The van der Waals surface area contributed by atoms with E-state index in [1.807, 2.05) is 6.07 Å². The van der Waals surface area contributed by atoms with Crippen molar-refractivity contribution in [2.24, 2.45) is 0 Å². The first kappa shape index (κ1) is 18.4. The number of hydrogen-bond acceptors (Lipinski definition) is 5. The summed E-state index contributed by atoms with van der Waals surface area (Å²) in [5.41, 5.74) is 1.26. The van der Waals surface area contributed by atoms with E-state index < -0.39 is 18.0 Å². The van der Waals surface area contributed by atoms with E-state index in [0.29, 0.717) is 23.5 Å². The van der Waals surface area contributed by atoms with Crippen LogP contribution >= 0.6 is 0 Å². The molecule has 0 bridgehead atoms. The van der Waals surface area contributed by atoms with Crippen LogP contribution in [0.3, 0.4) is 0 Å². The molecule has 0 spiro atoms. The van der Waals surface area contributed by atoms with Crippen LogP contribution in [0, 0.1) is 17.1 Å². The molecule has 1 N–H and O–H groups in total. The Balaban J connectivity index is 1.77. The van der Waals surface area contributed by atoms with Gasteiger partial charge >= 0.3 is 6.09 Å². The van der Waals surface area contributed by atoms with Gasteiger partial charge in [0.05, 0.1) is 43.5 Å². The molecule has 1 aromatic heterocycles. The Morgan fingerprint density at radius 2 is 2.30 bits per heavy atom. The molecule has 1 fully saturated rings. The Morgan fingerprint density at radius 1 is 1.48 bits per heavy atom. The number of nitriles is 1. The van der Waals surface area contributed by atoms with Crippen molar-refractivity contribution in [3.63, 3.8) is 0 Å². The zero-order valence-corrected chi connectivity index (χ0v) is 14.7. The van der Waals surface area contributed by atoms with Gasteiger partial charge < -0.3 is 10.1 Å². The lowest BCUT2D eigenvalue weighted by atomic mass is 10.1. The standard InChI is InChI=1S/C18H18FN5O3/c1-12(25)21-10-14-11-23(18(26)27-14)13-3-4-15(16(19)9-13)17-5-7-22-24(17)8-2-6-20/h3-5,7,9,14H,2,8,10-11H2,1H3,(H,21,25)/t14-/m0/s1. The number of benzene rings is 1. The quantitative estimate of drug-likeness (QED) is 0.838. The number of nitrogens with one attached hydrogen (secondary N) is 1. The summed E-state index contributed by atoms with van der Waals surface area (Å²) in [4.78, 5) is 24.4. The number of aryl methyl sites for hydroxylation is 1. The summed E-state index contributed by atoms with van der Waals surface area (Å²) in [6, 6.07) is 8.16. The van der Waals surface area contributed by atoms with Crippen LogP contribution in [0.2, 0.25) is 0 Å². The number of nitrogens with zero attached hydrogens (tertiary/aromatic N) is 4. The Bertz CT molecular complexity index is 905. The van der Waals surface area contributed by atoms with Gasteiger partial charge in [0.1, 0.15) is 11.9 Å². The molecule has 27 heavy (non-hydrogen) atoms. The largest absolute Gasteiger partial charge is 0.442 e. The maximum absolute atomic E-state index is 14.7. The van der Waals surface area contributed by atoms with Gasteiger partial charge in [-0.3, -0.25) is 14.4 Å². The second-order valence-corrected chi connectivity index (χ2v) is 6.07. The van der Waals surface area contributed by atoms with Crippen molar-refractivity contribution in [2.45, 2.75) is 26.0 Å². The van der Waals surface area contributed by atoms with Crippen molar-refractivity contribution < 1.29 is 18.7 Å². The van der Waals surface area contributed by atoms with Crippen LogP contribution < -0.4 is 10.2 Å². The van der Waals surface area contributed by atoms with E-state index in [4.69, 9.17) is 10.00 Å². The summed E-state index contributed by atoms with van der Waals surface area (Å²) in [5, 5.41) is 15.4. The van der Waals surface area contributed by atoms with Crippen molar-refractivity contribution in [2.75, 3.05) is 18.0 Å². The zero-order chi connectivity index (χ0) is 19.4. The van der Waals surface area contributed by atoms with Gasteiger partial charge in [-0.1, -0.05) is 0 Å². The lowest BCUT2D eigenvalue weighted by Gasteiger charge is -2.15. The number of hydrogen-bond donors (Lipinski definition) is 1. The van der Waals surface area contributed by atoms with E-state index in [1.165, 1.54) is 17.9 Å². The first-order valence-electron chi connectivity index (χ1n) is 8.41. The molecule has 8 nitrogen and oxygen atoms in total. The van der Waals surface area contributed by atoms with Crippen LogP contribution in [0.25, 0.3) is 11.3 Å². The maximum Gasteiger partial charge on any atom is 0.414 e. The number of halogens is 1. The summed E-state index contributed by atoms with van der Waals surface area (Å²) in [5.74, 6) is -0.725. The van der Waals surface area contributed by atoms with Crippen LogP contribution in [0.1, 0.15) is 13.3 Å². The van der Waals surface area contributed by atoms with Gasteiger partial charge in [0, 0.05) is 18.7 Å². The highest BCUT2D eigenvalue weighted by Crippen LogP contribution is 2.29. The molecule has 0 radical (unpaired) electrons. The zero-order valence-electron chi connectivity index (χ0n) is 14.7. The van der Waals surface area contributed by atoms with Gasteiger partial charge in [0.15, 0.2) is 0 Å². The number of cyclic esters (lactones) is 1. The van der Waals surface area contributed by atoms with Gasteiger partial charge in [-0.05, 0) is 24.3 Å². The number of ether oxygens (including phenoxy) is 1. The molecule has 0 saturated carbocycles. The Labute approximate surface area is 155 Å². The molecule has 2 amide bonds. The van der Waals surface area contributed by atoms with Crippen LogP contribution in [0.15, 0.2) is 30.5 Å². The van der Waals surface area contributed by atoms with E-state index >= 15 is 0 Å². The summed E-state index contributed by atoms with van der Waals surface area (Å²) >= 11 is 0. The molecular weight excluding hydrogens is 353 g/mol. The Hall–Kier alpha value is -3.41. The molecule has 2 aromatic rings. The minimum absolute atomic E-state index is 0.205. The van der Waals surface area contributed by atoms with E-state index in [1.54, 1.807) is 29.1 Å². The molecule has 1 aromatic carbocycles. The molecule has 140 valence electrons. The smallest absolute Gasteiger partial charge is 0.414 e. The van der Waals surface area contributed by atoms with Gasteiger partial charge in [-0.15, -0.1) is 0 Å². The molecule has 0 unspecified atom stereocenters. The number of carbonyl (C=O) groups is 2. The molecule has 1 aliphatic heterocycles. The van der Waals surface area contributed by atoms with Crippen LogP contribution in [-0.2, 0) is 16.1 Å². The second-order valence-electron chi connectivity index (χ2n) is 6.07. The molecule has 0 aliphatic carbocycles. The second kappa shape index (κ2) is 7.86. The fourth-order valence-electron chi connectivity index (χ4n) is 2.87. The SMILES string of the molecule is CC(=O)NC[C@H]1CN(c2ccc(-c3ccnn3CCC#N)c(F)c2)C(=O)O1. The summed E-state index contributed by atoms with van der Waals surface area (Å²) in [7, 11) is 0. The number of carbonyl (C=O) groups excluding carboxylic acids is 2. The lowest BCUT2D eigenvalue weighted by molar-refractivity contribution is -0.119. The molecule has 2 heterocycles. The van der Waals surface area contributed by atoms with Crippen molar-refractivity contribution in [3.05, 3.63) is 36.3 Å². The molecule has 9 heteroatoms. The third-order valence-electron chi connectivity index (χ3n) is 4.14. The van der Waals surface area contributed by atoms with Crippen LogP contribution in [-0.4, -0.2) is 41.0 Å². The fourth-order valence-corrected chi connectivity index (χ4v) is 2.87. The first-order chi connectivity index (χ1) is 13.0. The van der Waals surface area contributed by atoms with E-state index in [0.717, 1.165) is 0 Å². The van der Waals surface area contributed by atoms with Crippen molar-refractivity contribution >= 4 is 17.7 Å². The monoisotopic (exact) mass is 371 g/mol. The number of amides is 2. The molecule has 3 rings (SSSR count). The van der Waals surface area contributed by atoms with E-state index in [-0.39, 0.29) is 25.4 Å². The average Bonchev–Trinajstić information content (AvgIpc) is 3.24. The summed E-state index contributed by atoms with van der Waals surface area (Å²) in [6.07, 6.45) is 0.738. The van der Waals surface area contributed by atoms with Crippen LogP contribution in [0.5, 0.6) is 0 Å². The van der Waals surface area contributed by atoms with Crippen molar-refractivity contribution in [1.29, 1.82) is 5.26 Å². The topological polar surface area (TPSA) is 100 Å². The predicted octanol–water partition coefficient (Wildman–Crippen LogP) is 2.06. The minimum atomic E-state index is -0.587. The van der Waals surface area contributed by atoms with Crippen molar-refractivity contribution in [3.8, 4) is 17.3 Å². The Morgan fingerprint density at radius 3 is 3.00 bits per heavy atom. The molecule has 1 atom stereocenters. The van der Waals surface area contributed by atoms with Gasteiger partial charge in [0.25, 0.3) is 0 Å². The first-order valence-corrected chi connectivity index (χ1v) is 8.41. The minimum Gasteiger partial charge on any atom is -0.442 e. The summed E-state index contributed by atoms with van der Waals surface area (Å²) < 4.78 is 21.5. The van der Waals surface area contributed by atoms with Gasteiger partial charge in [-0.25, -0.2) is 9.18 Å². The predicted molar refractivity (Wildman–Crippen MR) is 94.1 cm³/mol. The average molecular weight is 371 g/mol. The fraction of sp³-hybridized carbons (Fsp3) is 0.333. The third kappa shape index (κ3) is 4.06.